The molecule has 2 heterocycles. The number of rotatable bonds is 4. The minimum atomic E-state index is -0.315. The third-order valence-corrected chi connectivity index (χ3v) is 5.33. The van der Waals surface area contributed by atoms with Crippen molar-refractivity contribution in [2.45, 2.75) is 13.0 Å². The molecule has 122 valence electrons. The van der Waals surface area contributed by atoms with Gasteiger partial charge in [0, 0.05) is 32.2 Å². The molecule has 1 aromatic carbocycles. The van der Waals surface area contributed by atoms with Crippen molar-refractivity contribution in [2.24, 2.45) is 0 Å². The smallest absolute Gasteiger partial charge is 0.349 e. The molecular formula is C17H21N3O2S. The van der Waals surface area contributed by atoms with E-state index in [-0.39, 0.29) is 5.97 Å². The van der Waals surface area contributed by atoms with E-state index in [9.17, 15) is 4.79 Å². The molecule has 0 bridgehead atoms. The molecule has 3 rings (SSSR count). The largest absolute Gasteiger partial charge is 0.465 e. The van der Waals surface area contributed by atoms with Crippen molar-refractivity contribution in [2.75, 3.05) is 38.2 Å². The Labute approximate surface area is 140 Å². The molecule has 1 unspecified atom stereocenters. The number of hydrogen-bond acceptors (Lipinski definition) is 6. The molecule has 0 N–H and O–H groups in total. The maximum absolute atomic E-state index is 11.5. The van der Waals surface area contributed by atoms with Crippen LogP contribution in [0.1, 0.15) is 28.2 Å². The molecule has 5 nitrogen and oxygen atoms in total. The fourth-order valence-electron chi connectivity index (χ4n) is 2.85. The lowest BCUT2D eigenvalue weighted by molar-refractivity contribution is 0.0606. The third kappa shape index (κ3) is 3.54. The van der Waals surface area contributed by atoms with Gasteiger partial charge in [-0.15, -0.1) is 0 Å². The lowest BCUT2D eigenvalue weighted by Gasteiger charge is -2.38. The number of carbonyl (C=O) groups excluding carboxylic acids is 1. The Bertz CT molecular complexity index is 651. The van der Waals surface area contributed by atoms with Gasteiger partial charge in [0.2, 0.25) is 0 Å². The normalized spacial score (nSPS) is 17.0. The number of anilines is 1. The van der Waals surface area contributed by atoms with E-state index in [1.54, 1.807) is 6.20 Å². The average Bonchev–Trinajstić information content (AvgIpc) is 3.11. The van der Waals surface area contributed by atoms with Crippen LogP contribution in [0.15, 0.2) is 36.5 Å². The average molecular weight is 331 g/mol. The van der Waals surface area contributed by atoms with Gasteiger partial charge in [-0.25, -0.2) is 9.78 Å². The second kappa shape index (κ2) is 7.10. The lowest BCUT2D eigenvalue weighted by atomic mass is 10.1. The summed E-state index contributed by atoms with van der Waals surface area (Å²) < 4.78 is 4.74. The van der Waals surface area contributed by atoms with Gasteiger partial charge in [0.1, 0.15) is 4.88 Å². The molecule has 1 saturated heterocycles. The number of aromatic nitrogens is 1. The summed E-state index contributed by atoms with van der Waals surface area (Å²) in [5, 5.41) is 0.900. The second-order valence-electron chi connectivity index (χ2n) is 5.61. The van der Waals surface area contributed by atoms with Crippen LogP contribution in [0.25, 0.3) is 0 Å². The second-order valence-corrected chi connectivity index (χ2v) is 6.62. The van der Waals surface area contributed by atoms with Crippen molar-refractivity contribution in [3.05, 3.63) is 47.0 Å². The molecule has 0 spiro atoms. The molecule has 6 heteroatoms. The highest BCUT2D eigenvalue weighted by Crippen LogP contribution is 2.26. The first-order valence-corrected chi connectivity index (χ1v) is 8.59. The van der Waals surface area contributed by atoms with Crippen molar-refractivity contribution in [3.63, 3.8) is 0 Å². The highest BCUT2D eigenvalue weighted by atomic mass is 32.1. The fraction of sp³-hybridized carbons (Fsp3) is 0.412. The third-order valence-electron chi connectivity index (χ3n) is 4.29. The molecule has 1 fully saturated rings. The molecule has 2 aromatic rings. The summed E-state index contributed by atoms with van der Waals surface area (Å²) in [5.41, 5.74) is 1.35. The van der Waals surface area contributed by atoms with Crippen LogP contribution in [-0.4, -0.2) is 49.1 Å². The van der Waals surface area contributed by atoms with E-state index in [1.165, 1.54) is 24.0 Å². The summed E-state index contributed by atoms with van der Waals surface area (Å²) in [6.45, 7) is 6.08. The molecule has 1 aliphatic heterocycles. The maximum Gasteiger partial charge on any atom is 0.349 e. The molecule has 1 aromatic heterocycles. The first-order valence-electron chi connectivity index (χ1n) is 7.77. The minimum Gasteiger partial charge on any atom is -0.465 e. The van der Waals surface area contributed by atoms with Crippen molar-refractivity contribution in [3.8, 4) is 0 Å². The molecule has 0 amide bonds. The number of carbonyl (C=O) groups is 1. The number of piperazine rings is 1. The Morgan fingerprint density at radius 3 is 2.57 bits per heavy atom. The Morgan fingerprint density at radius 1 is 1.22 bits per heavy atom. The van der Waals surface area contributed by atoms with Gasteiger partial charge < -0.3 is 9.64 Å². The predicted molar refractivity (Wildman–Crippen MR) is 92.1 cm³/mol. The number of methoxy groups -OCH3 is 1. The maximum atomic E-state index is 11.5. The van der Waals surface area contributed by atoms with Crippen LogP contribution in [-0.2, 0) is 4.74 Å². The molecule has 0 saturated carbocycles. The van der Waals surface area contributed by atoms with E-state index in [0.717, 1.165) is 31.3 Å². The summed E-state index contributed by atoms with van der Waals surface area (Å²) >= 11 is 1.40. The van der Waals surface area contributed by atoms with Gasteiger partial charge in [-0.05, 0) is 12.5 Å². The Morgan fingerprint density at radius 2 is 1.91 bits per heavy atom. The zero-order valence-corrected chi connectivity index (χ0v) is 14.3. The van der Waals surface area contributed by atoms with Crippen molar-refractivity contribution < 1.29 is 9.53 Å². The SMILES string of the molecule is COC(=O)c1cnc(N2CCN(C(C)c3ccccc3)CC2)s1. The molecule has 0 aliphatic carbocycles. The van der Waals surface area contributed by atoms with Gasteiger partial charge in [-0.2, -0.15) is 0 Å². The summed E-state index contributed by atoms with van der Waals surface area (Å²) in [4.78, 5) is 21.2. The van der Waals surface area contributed by atoms with Gasteiger partial charge in [0.05, 0.1) is 13.3 Å². The van der Waals surface area contributed by atoms with Gasteiger partial charge in [-0.3, -0.25) is 4.90 Å². The molecule has 0 radical (unpaired) electrons. The van der Waals surface area contributed by atoms with Crippen LogP contribution in [0, 0.1) is 0 Å². The summed E-state index contributed by atoms with van der Waals surface area (Å²) in [6, 6.07) is 11.0. The fourth-order valence-corrected chi connectivity index (χ4v) is 3.73. The number of hydrogen-bond donors (Lipinski definition) is 0. The number of ether oxygens (including phenoxy) is 1. The van der Waals surface area contributed by atoms with Crippen LogP contribution in [0.3, 0.4) is 0 Å². The molecule has 1 aliphatic rings. The van der Waals surface area contributed by atoms with Crippen LogP contribution in [0.4, 0.5) is 5.13 Å². The standard InChI is InChI=1S/C17H21N3O2S/c1-13(14-6-4-3-5-7-14)19-8-10-20(11-9-19)17-18-12-15(23-17)16(21)22-2/h3-7,12-13H,8-11H2,1-2H3. The summed E-state index contributed by atoms with van der Waals surface area (Å²) in [5.74, 6) is -0.315. The molecule has 23 heavy (non-hydrogen) atoms. The topological polar surface area (TPSA) is 45.7 Å². The highest BCUT2D eigenvalue weighted by molar-refractivity contribution is 7.17. The Hall–Kier alpha value is -1.92. The monoisotopic (exact) mass is 331 g/mol. The minimum absolute atomic E-state index is 0.315. The number of esters is 1. The van der Waals surface area contributed by atoms with Gasteiger partial charge >= 0.3 is 5.97 Å². The van der Waals surface area contributed by atoms with Gasteiger partial charge in [-0.1, -0.05) is 41.7 Å². The van der Waals surface area contributed by atoms with Crippen LogP contribution >= 0.6 is 11.3 Å². The van der Waals surface area contributed by atoms with E-state index in [4.69, 9.17) is 4.74 Å². The zero-order valence-electron chi connectivity index (χ0n) is 13.4. The van der Waals surface area contributed by atoms with E-state index in [2.05, 4.69) is 52.0 Å². The van der Waals surface area contributed by atoms with Crippen molar-refractivity contribution in [1.82, 2.24) is 9.88 Å². The lowest BCUT2D eigenvalue weighted by Crippen LogP contribution is -2.47. The van der Waals surface area contributed by atoms with Crippen molar-refractivity contribution >= 4 is 22.4 Å². The van der Waals surface area contributed by atoms with E-state index >= 15 is 0 Å². The van der Waals surface area contributed by atoms with E-state index in [0.29, 0.717) is 10.9 Å². The van der Waals surface area contributed by atoms with Gasteiger partial charge in [0.25, 0.3) is 0 Å². The summed E-state index contributed by atoms with van der Waals surface area (Å²) in [7, 11) is 1.39. The van der Waals surface area contributed by atoms with Crippen LogP contribution in [0.5, 0.6) is 0 Å². The van der Waals surface area contributed by atoms with Gasteiger partial charge in [0.15, 0.2) is 5.13 Å². The zero-order chi connectivity index (χ0) is 16.2. The number of benzene rings is 1. The van der Waals surface area contributed by atoms with E-state index in [1.807, 2.05) is 0 Å². The first kappa shape index (κ1) is 16.0. The van der Waals surface area contributed by atoms with Crippen LogP contribution in [0.2, 0.25) is 0 Å². The number of thiazole rings is 1. The van der Waals surface area contributed by atoms with Crippen LogP contribution < -0.4 is 4.90 Å². The first-order chi connectivity index (χ1) is 11.2. The van der Waals surface area contributed by atoms with Crippen molar-refractivity contribution in [1.29, 1.82) is 0 Å². The predicted octanol–water partition coefficient (Wildman–Crippen LogP) is 2.81. The summed E-state index contributed by atoms with van der Waals surface area (Å²) in [6.07, 6.45) is 1.60. The van der Waals surface area contributed by atoms with E-state index < -0.39 is 0 Å². The highest BCUT2D eigenvalue weighted by Gasteiger charge is 2.24. The quantitative estimate of drug-likeness (QED) is 0.806. The Balaban J connectivity index is 1.60. The molecular weight excluding hydrogens is 310 g/mol. The Kier molecular flexibility index (Phi) is 4.93. The molecule has 1 atom stereocenters. The number of nitrogens with zero attached hydrogens (tertiary/aromatic N) is 3.